The van der Waals surface area contributed by atoms with Gasteiger partial charge in [-0.05, 0) is 35.0 Å². The lowest BCUT2D eigenvalue weighted by Crippen LogP contribution is -1.93. The highest BCUT2D eigenvalue weighted by Gasteiger charge is 2.23. The van der Waals surface area contributed by atoms with E-state index in [4.69, 9.17) is 21.1 Å². The zero-order chi connectivity index (χ0) is 18.5. The molecule has 26 heavy (non-hydrogen) atoms. The molecule has 0 fully saturated rings. The predicted octanol–water partition coefficient (Wildman–Crippen LogP) is 5.26. The summed E-state index contributed by atoms with van der Waals surface area (Å²) in [4.78, 5) is 16.7. The molecule has 0 bridgehead atoms. The number of rotatable bonds is 5. The largest absolute Gasteiger partial charge is 0.493 e. The quantitative estimate of drug-likeness (QED) is 0.635. The van der Waals surface area contributed by atoms with Gasteiger partial charge in [0.1, 0.15) is 10.1 Å². The Hall–Kier alpha value is -1.89. The number of ether oxygens (including phenoxy) is 2. The summed E-state index contributed by atoms with van der Waals surface area (Å²) in [5, 5.41) is 0.375. The standard InChI is InChI=1S/C19H16ClNO3S2/c1-23-16-9-13(14(20)10-17(16)24-2)8-15-18(22)26-19(21-15)25-11-12-6-4-3-5-7-12/h3-10H,11H2,1-2H3/b15-8-. The van der Waals surface area contributed by atoms with Crippen LogP contribution in [0.4, 0.5) is 0 Å². The molecule has 134 valence electrons. The fourth-order valence-corrected chi connectivity index (χ4v) is 4.30. The summed E-state index contributed by atoms with van der Waals surface area (Å²) in [5.41, 5.74) is 2.22. The van der Waals surface area contributed by atoms with E-state index in [0.717, 1.165) is 21.9 Å². The monoisotopic (exact) mass is 405 g/mol. The SMILES string of the molecule is COc1cc(Cl)c(/C=C2\N=C(SCc3ccccc3)SC2=O)cc1OC. The van der Waals surface area contributed by atoms with Gasteiger partial charge in [0.05, 0.1) is 19.2 Å². The van der Waals surface area contributed by atoms with Gasteiger partial charge in [0.25, 0.3) is 0 Å². The lowest BCUT2D eigenvalue weighted by atomic mass is 10.1. The third-order valence-corrected chi connectivity index (χ3v) is 6.01. The molecule has 1 heterocycles. The van der Waals surface area contributed by atoms with Crippen LogP contribution in [0.1, 0.15) is 11.1 Å². The van der Waals surface area contributed by atoms with Crippen molar-refractivity contribution in [3.8, 4) is 11.5 Å². The number of methoxy groups -OCH3 is 2. The summed E-state index contributed by atoms with van der Waals surface area (Å²) in [6.07, 6.45) is 1.68. The zero-order valence-corrected chi connectivity index (χ0v) is 16.6. The van der Waals surface area contributed by atoms with E-state index in [-0.39, 0.29) is 5.12 Å². The highest BCUT2D eigenvalue weighted by molar-refractivity contribution is 8.45. The molecule has 0 unspecified atom stereocenters. The third kappa shape index (κ3) is 4.44. The minimum absolute atomic E-state index is 0.0913. The Bertz CT molecular complexity index is 882. The number of thioether (sulfide) groups is 2. The van der Waals surface area contributed by atoms with Gasteiger partial charge >= 0.3 is 0 Å². The van der Waals surface area contributed by atoms with Gasteiger partial charge in [0.15, 0.2) is 11.5 Å². The molecule has 0 spiro atoms. The van der Waals surface area contributed by atoms with Crippen LogP contribution in [0, 0.1) is 0 Å². The van der Waals surface area contributed by atoms with Crippen molar-refractivity contribution in [2.24, 2.45) is 4.99 Å². The highest BCUT2D eigenvalue weighted by atomic mass is 35.5. The Morgan fingerprint density at radius 2 is 1.85 bits per heavy atom. The number of aliphatic imine (C=N–C) groups is 1. The Morgan fingerprint density at radius 1 is 1.15 bits per heavy atom. The number of hydrogen-bond donors (Lipinski definition) is 0. The topological polar surface area (TPSA) is 47.9 Å². The minimum atomic E-state index is -0.0913. The van der Waals surface area contributed by atoms with Crippen LogP contribution in [0.15, 0.2) is 53.2 Å². The first-order chi connectivity index (χ1) is 12.6. The van der Waals surface area contributed by atoms with Gasteiger partial charge in [-0.15, -0.1) is 0 Å². The number of halogens is 1. The molecule has 1 aliphatic heterocycles. The lowest BCUT2D eigenvalue weighted by Gasteiger charge is -2.09. The molecule has 2 aromatic rings. The van der Waals surface area contributed by atoms with Crippen molar-refractivity contribution in [2.45, 2.75) is 5.75 Å². The van der Waals surface area contributed by atoms with E-state index in [2.05, 4.69) is 17.1 Å². The normalized spacial score (nSPS) is 15.3. The lowest BCUT2D eigenvalue weighted by molar-refractivity contribution is -0.107. The third-order valence-electron chi connectivity index (χ3n) is 3.60. The van der Waals surface area contributed by atoms with Crippen LogP contribution in [0.5, 0.6) is 11.5 Å². The number of benzene rings is 2. The number of hydrogen-bond acceptors (Lipinski definition) is 6. The average molecular weight is 406 g/mol. The van der Waals surface area contributed by atoms with Crippen LogP contribution < -0.4 is 9.47 Å². The van der Waals surface area contributed by atoms with Gasteiger partial charge in [0.2, 0.25) is 5.12 Å². The van der Waals surface area contributed by atoms with Gasteiger partial charge in [0, 0.05) is 11.8 Å². The molecule has 0 saturated carbocycles. The Balaban J connectivity index is 1.80. The maximum absolute atomic E-state index is 12.3. The molecule has 4 nitrogen and oxygen atoms in total. The number of carbonyl (C=O) groups excluding carboxylic acids is 1. The predicted molar refractivity (Wildman–Crippen MR) is 110 cm³/mol. The Kier molecular flexibility index (Phi) is 6.29. The highest BCUT2D eigenvalue weighted by Crippen LogP contribution is 2.37. The molecule has 0 saturated heterocycles. The van der Waals surface area contributed by atoms with Gasteiger partial charge in [-0.1, -0.05) is 53.7 Å². The first-order valence-corrected chi connectivity index (χ1v) is 9.89. The molecule has 0 radical (unpaired) electrons. The van der Waals surface area contributed by atoms with Crippen LogP contribution in [-0.2, 0) is 10.5 Å². The fraction of sp³-hybridized carbons (Fsp3) is 0.158. The van der Waals surface area contributed by atoms with Crippen LogP contribution in [0.25, 0.3) is 6.08 Å². The maximum atomic E-state index is 12.3. The first kappa shape index (κ1) is 18.9. The molecular formula is C19H16ClNO3S2. The number of carbonyl (C=O) groups is 1. The fourth-order valence-electron chi connectivity index (χ4n) is 2.30. The maximum Gasteiger partial charge on any atom is 0.244 e. The molecule has 0 atom stereocenters. The van der Waals surface area contributed by atoms with Crippen molar-refractivity contribution < 1.29 is 14.3 Å². The Morgan fingerprint density at radius 3 is 2.54 bits per heavy atom. The van der Waals surface area contributed by atoms with Crippen LogP contribution in [0.3, 0.4) is 0 Å². The van der Waals surface area contributed by atoms with Crippen molar-refractivity contribution in [3.63, 3.8) is 0 Å². The zero-order valence-electron chi connectivity index (χ0n) is 14.2. The van der Waals surface area contributed by atoms with E-state index in [0.29, 0.717) is 27.8 Å². The van der Waals surface area contributed by atoms with Crippen LogP contribution >= 0.6 is 35.1 Å². The van der Waals surface area contributed by atoms with Gasteiger partial charge in [-0.2, -0.15) is 0 Å². The van der Waals surface area contributed by atoms with Crippen molar-refractivity contribution in [3.05, 3.63) is 64.3 Å². The van der Waals surface area contributed by atoms with Crippen molar-refractivity contribution >= 4 is 50.7 Å². The number of nitrogens with zero attached hydrogens (tertiary/aromatic N) is 1. The molecule has 0 amide bonds. The molecule has 2 aromatic carbocycles. The molecule has 3 rings (SSSR count). The van der Waals surface area contributed by atoms with Crippen LogP contribution in [0.2, 0.25) is 5.02 Å². The summed E-state index contributed by atoms with van der Waals surface area (Å²) < 4.78 is 11.2. The van der Waals surface area contributed by atoms with E-state index in [9.17, 15) is 4.79 Å². The molecule has 0 N–H and O–H groups in total. The molecule has 0 aliphatic carbocycles. The van der Waals surface area contributed by atoms with Crippen molar-refractivity contribution in [2.75, 3.05) is 14.2 Å². The summed E-state index contributed by atoms with van der Waals surface area (Å²) >= 11 is 8.98. The molecule has 7 heteroatoms. The second-order valence-electron chi connectivity index (χ2n) is 5.30. The van der Waals surface area contributed by atoms with E-state index in [1.54, 1.807) is 44.2 Å². The minimum Gasteiger partial charge on any atom is -0.493 e. The van der Waals surface area contributed by atoms with Crippen molar-refractivity contribution in [1.29, 1.82) is 0 Å². The van der Waals surface area contributed by atoms with Gasteiger partial charge < -0.3 is 9.47 Å². The molecule has 0 aromatic heterocycles. The molecule has 1 aliphatic rings. The first-order valence-electron chi connectivity index (χ1n) is 7.71. The van der Waals surface area contributed by atoms with Gasteiger partial charge in [-0.3, -0.25) is 4.79 Å². The summed E-state index contributed by atoms with van der Waals surface area (Å²) in [7, 11) is 3.10. The average Bonchev–Trinajstić information content (AvgIpc) is 3.01. The van der Waals surface area contributed by atoms with E-state index >= 15 is 0 Å². The van der Waals surface area contributed by atoms with Crippen molar-refractivity contribution in [1.82, 2.24) is 0 Å². The van der Waals surface area contributed by atoms with E-state index in [1.165, 1.54) is 5.56 Å². The summed E-state index contributed by atoms with van der Waals surface area (Å²) in [5.74, 6) is 1.85. The molecular weight excluding hydrogens is 390 g/mol. The van der Waals surface area contributed by atoms with Gasteiger partial charge in [-0.25, -0.2) is 4.99 Å². The smallest absolute Gasteiger partial charge is 0.244 e. The Labute approximate surface area is 165 Å². The van der Waals surface area contributed by atoms with Crippen LogP contribution in [-0.4, -0.2) is 23.7 Å². The second-order valence-corrected chi connectivity index (χ2v) is 7.89. The second kappa shape index (κ2) is 8.66. The summed E-state index contributed by atoms with van der Waals surface area (Å²) in [6, 6.07) is 13.5. The van der Waals surface area contributed by atoms with E-state index < -0.39 is 0 Å². The summed E-state index contributed by atoms with van der Waals surface area (Å²) in [6.45, 7) is 0. The van der Waals surface area contributed by atoms with E-state index in [1.807, 2.05) is 18.2 Å².